The number of hydrogen-bond acceptors (Lipinski definition) is 6. The van der Waals surface area contributed by atoms with E-state index in [1.807, 2.05) is 0 Å². The van der Waals surface area contributed by atoms with Gasteiger partial charge < -0.3 is 10.0 Å². The Labute approximate surface area is 185 Å². The van der Waals surface area contributed by atoms with Crippen LogP contribution in [-0.4, -0.2) is 49.7 Å². The number of benzene rings is 1. The average Bonchev–Trinajstić information content (AvgIpc) is 2.70. The molecule has 0 spiro atoms. The molecule has 1 N–H and O–H groups in total. The van der Waals surface area contributed by atoms with E-state index in [0.29, 0.717) is 0 Å². The van der Waals surface area contributed by atoms with Crippen LogP contribution in [0, 0.1) is 5.92 Å². The summed E-state index contributed by atoms with van der Waals surface area (Å²) in [5.41, 5.74) is 4.63. The van der Waals surface area contributed by atoms with Crippen LogP contribution in [0.3, 0.4) is 0 Å². The molecular weight excluding hydrogens is 422 g/mol. The van der Waals surface area contributed by atoms with E-state index in [2.05, 4.69) is 12.1 Å². The topological polar surface area (TPSA) is 91.8 Å². The summed E-state index contributed by atoms with van der Waals surface area (Å²) in [6, 6.07) is 3.35. The van der Waals surface area contributed by atoms with E-state index in [4.69, 9.17) is 0 Å². The van der Waals surface area contributed by atoms with E-state index in [1.54, 1.807) is 0 Å². The summed E-state index contributed by atoms with van der Waals surface area (Å²) in [6.07, 6.45) is 4.64. The first kappa shape index (κ1) is 22.9. The van der Waals surface area contributed by atoms with Crippen LogP contribution in [0.25, 0.3) is 0 Å². The molecule has 1 aliphatic carbocycles. The molecule has 0 fully saturated rings. The van der Waals surface area contributed by atoms with E-state index in [9.17, 15) is 24.3 Å². The third-order valence-electron chi connectivity index (χ3n) is 5.69. The minimum atomic E-state index is -1.02. The Bertz CT molecular complexity index is 851. The molecule has 0 saturated carbocycles. The summed E-state index contributed by atoms with van der Waals surface area (Å²) in [5.74, 6) is -1.42. The zero-order chi connectivity index (χ0) is 21.8. The number of hydrogen-bond donors (Lipinski definition) is 1. The van der Waals surface area contributed by atoms with Gasteiger partial charge in [-0.05, 0) is 47.9 Å². The molecule has 30 heavy (non-hydrogen) atoms. The van der Waals surface area contributed by atoms with Crippen molar-refractivity contribution in [3.8, 4) is 0 Å². The third-order valence-corrected chi connectivity index (χ3v) is 7.64. The minimum Gasteiger partial charge on any atom is -0.480 e. The van der Waals surface area contributed by atoms with Gasteiger partial charge in [-0.3, -0.25) is 14.4 Å². The van der Waals surface area contributed by atoms with E-state index in [1.165, 1.54) is 29.9 Å². The lowest BCUT2D eigenvalue weighted by Crippen LogP contribution is -2.51. The zero-order valence-corrected chi connectivity index (χ0v) is 18.9. The highest BCUT2D eigenvalue weighted by molar-refractivity contribution is 8.14. The largest absolute Gasteiger partial charge is 0.480 e. The average molecular weight is 450 g/mol. The number of rotatable bonds is 6. The van der Waals surface area contributed by atoms with Gasteiger partial charge in [-0.15, -0.1) is 0 Å². The van der Waals surface area contributed by atoms with Crippen LogP contribution < -0.4 is 0 Å². The van der Waals surface area contributed by atoms with Crippen molar-refractivity contribution in [2.45, 2.75) is 58.5 Å². The summed E-state index contributed by atoms with van der Waals surface area (Å²) in [6.45, 7) is 3.12. The monoisotopic (exact) mass is 449 g/mol. The van der Waals surface area contributed by atoms with Gasteiger partial charge in [0.25, 0.3) is 0 Å². The van der Waals surface area contributed by atoms with Crippen LogP contribution in [0.4, 0.5) is 0 Å². The number of nitrogens with zero attached hydrogens (tertiary/aromatic N) is 1. The lowest BCUT2D eigenvalue weighted by Gasteiger charge is -2.37. The summed E-state index contributed by atoms with van der Waals surface area (Å²) in [7, 11) is 0. The first-order chi connectivity index (χ1) is 14.3. The molecular formula is C22H27NO5S2. The number of carboxylic acid groups (broad SMARTS) is 1. The van der Waals surface area contributed by atoms with Gasteiger partial charge in [0.15, 0.2) is 10.2 Å². The Morgan fingerprint density at radius 3 is 2.00 bits per heavy atom. The number of thioether (sulfide) groups is 2. The summed E-state index contributed by atoms with van der Waals surface area (Å²) >= 11 is 2.08. The molecule has 0 radical (unpaired) electrons. The number of carboxylic acids is 1. The second kappa shape index (κ2) is 10.0. The molecule has 1 amide bonds. The Morgan fingerprint density at radius 1 is 0.967 bits per heavy atom. The molecule has 1 heterocycles. The molecule has 2 aliphatic rings. The van der Waals surface area contributed by atoms with Crippen molar-refractivity contribution in [1.29, 1.82) is 0 Å². The number of aliphatic carboxylic acids is 1. The molecule has 1 unspecified atom stereocenters. The molecule has 0 saturated heterocycles. The standard InChI is InChI=1S/C22H27NO5S2/c1-13(24)29-11-19(12-30-14(2)25)21(26)23-10-18-8-16-6-4-3-5-15(16)7-17(18)9-20(23)22(27)28/h7-8,19-20H,3-6,9-12H2,1-2H3,(H,27,28). The van der Waals surface area contributed by atoms with Crippen molar-refractivity contribution in [3.05, 3.63) is 34.4 Å². The Balaban J connectivity index is 1.87. The minimum absolute atomic E-state index is 0.106. The quantitative estimate of drug-likeness (QED) is 0.713. The maximum Gasteiger partial charge on any atom is 0.326 e. The van der Waals surface area contributed by atoms with Gasteiger partial charge in [0, 0.05) is 38.3 Å². The van der Waals surface area contributed by atoms with Crippen LogP contribution in [0.5, 0.6) is 0 Å². The zero-order valence-electron chi connectivity index (χ0n) is 17.3. The Morgan fingerprint density at radius 2 is 1.50 bits per heavy atom. The summed E-state index contributed by atoms with van der Waals surface area (Å²) < 4.78 is 0. The van der Waals surface area contributed by atoms with Crippen LogP contribution in [-0.2, 0) is 45.0 Å². The van der Waals surface area contributed by atoms with Gasteiger partial charge >= 0.3 is 5.97 Å². The second-order valence-corrected chi connectivity index (χ2v) is 10.3. The van der Waals surface area contributed by atoms with Gasteiger partial charge in [-0.2, -0.15) is 0 Å². The van der Waals surface area contributed by atoms with Crippen molar-refractivity contribution in [1.82, 2.24) is 4.90 Å². The maximum absolute atomic E-state index is 13.4. The number of carbonyl (C=O) groups is 4. The SMILES string of the molecule is CC(=O)SCC(CSC(C)=O)C(=O)N1Cc2cc3c(cc2CC1C(=O)O)CCCC3. The second-order valence-electron chi connectivity index (χ2n) is 7.92. The van der Waals surface area contributed by atoms with Crippen LogP contribution in [0.1, 0.15) is 48.9 Å². The number of carbonyl (C=O) groups excluding carboxylic acids is 3. The van der Waals surface area contributed by atoms with E-state index in [0.717, 1.165) is 60.3 Å². The van der Waals surface area contributed by atoms with Crippen molar-refractivity contribution in [2.75, 3.05) is 11.5 Å². The predicted octanol–water partition coefficient (Wildman–Crippen LogP) is 3.08. The molecule has 1 aliphatic heterocycles. The molecule has 162 valence electrons. The van der Waals surface area contributed by atoms with Crippen LogP contribution >= 0.6 is 23.5 Å². The lowest BCUT2D eigenvalue weighted by molar-refractivity contribution is -0.152. The van der Waals surface area contributed by atoms with Gasteiger partial charge in [0.1, 0.15) is 6.04 Å². The normalized spacial score (nSPS) is 18.0. The highest BCUT2D eigenvalue weighted by Crippen LogP contribution is 2.32. The fourth-order valence-corrected chi connectivity index (χ4v) is 5.69. The van der Waals surface area contributed by atoms with E-state index >= 15 is 0 Å². The predicted molar refractivity (Wildman–Crippen MR) is 119 cm³/mol. The molecule has 0 bridgehead atoms. The number of aryl methyl sites for hydroxylation is 2. The van der Waals surface area contributed by atoms with E-state index < -0.39 is 17.9 Å². The van der Waals surface area contributed by atoms with Gasteiger partial charge in [-0.1, -0.05) is 35.7 Å². The Hall–Kier alpha value is -1.80. The highest BCUT2D eigenvalue weighted by atomic mass is 32.2. The third kappa shape index (κ3) is 5.46. The first-order valence-electron chi connectivity index (χ1n) is 10.2. The van der Waals surface area contributed by atoms with Crippen molar-refractivity contribution < 1.29 is 24.3 Å². The molecule has 6 nitrogen and oxygen atoms in total. The maximum atomic E-state index is 13.4. The Kier molecular flexibility index (Phi) is 7.63. The van der Waals surface area contributed by atoms with E-state index in [-0.39, 0.29) is 40.6 Å². The fourth-order valence-electron chi connectivity index (χ4n) is 4.15. The van der Waals surface area contributed by atoms with Crippen molar-refractivity contribution >= 4 is 45.6 Å². The van der Waals surface area contributed by atoms with Gasteiger partial charge in [-0.25, -0.2) is 4.79 Å². The highest BCUT2D eigenvalue weighted by Gasteiger charge is 2.38. The number of fused-ring (bicyclic) bond motifs is 2. The van der Waals surface area contributed by atoms with Crippen molar-refractivity contribution in [3.63, 3.8) is 0 Å². The molecule has 3 rings (SSSR count). The summed E-state index contributed by atoms with van der Waals surface area (Å²) in [5, 5.41) is 9.62. The molecule has 1 aromatic carbocycles. The molecule has 0 aromatic heterocycles. The summed E-state index contributed by atoms with van der Waals surface area (Å²) in [4.78, 5) is 49.7. The number of amides is 1. The smallest absolute Gasteiger partial charge is 0.326 e. The molecule has 8 heteroatoms. The first-order valence-corrected chi connectivity index (χ1v) is 12.2. The van der Waals surface area contributed by atoms with Crippen molar-refractivity contribution in [2.24, 2.45) is 5.92 Å². The molecule has 1 atom stereocenters. The van der Waals surface area contributed by atoms with Crippen LogP contribution in [0.15, 0.2) is 12.1 Å². The van der Waals surface area contributed by atoms with Gasteiger partial charge in [0.05, 0.1) is 5.92 Å². The van der Waals surface area contributed by atoms with Gasteiger partial charge in [0.2, 0.25) is 5.91 Å². The lowest BCUT2D eigenvalue weighted by atomic mass is 9.84. The fraction of sp³-hybridized carbons (Fsp3) is 0.545. The van der Waals surface area contributed by atoms with Crippen LogP contribution in [0.2, 0.25) is 0 Å². The molecule has 1 aromatic rings.